The van der Waals surface area contributed by atoms with Gasteiger partial charge in [-0.3, -0.25) is 0 Å². The highest BCUT2D eigenvalue weighted by Crippen LogP contribution is 3.61. The van der Waals surface area contributed by atoms with Crippen LogP contribution in [0, 0.1) is 273 Å². The maximum Gasteiger partial charge on any atom is -0.00502 e. The van der Waals surface area contributed by atoms with Crippen LogP contribution in [0.4, 0.5) is 0 Å². The summed E-state index contributed by atoms with van der Waals surface area (Å²) in [7, 11) is 0. The van der Waals surface area contributed by atoms with Crippen LogP contribution in [0.1, 0.15) is 25.7 Å². The average Bonchev–Trinajstić information content (AvgIpc) is 2.99. The lowest BCUT2D eigenvalue weighted by molar-refractivity contribution is -1.13. The van der Waals surface area contributed by atoms with Gasteiger partial charge >= 0.3 is 0 Å². The second-order valence-corrected chi connectivity index (χ2v) is 33.3. The Labute approximate surface area is 297 Å². The molecule has 0 radical (unpaired) electrons. The van der Waals surface area contributed by atoms with Gasteiger partial charge in [-0.15, -0.1) is 0 Å². The molecule has 0 amide bonds. The van der Waals surface area contributed by atoms with Crippen LogP contribution in [0.2, 0.25) is 0 Å². The molecule has 0 N–H and O–H groups in total. The van der Waals surface area contributed by atoms with Gasteiger partial charge in [0, 0.05) is 0 Å². The summed E-state index contributed by atoms with van der Waals surface area (Å²) >= 11 is 0. The number of fused-ring (bicyclic) bond motifs is 22. The lowest BCUT2D eigenvalue weighted by Crippen LogP contribution is -3.56. The lowest BCUT2D eigenvalue weighted by atomic mass is 8.45. The fourth-order valence-electron chi connectivity index (χ4n) is 55.2. The van der Waals surface area contributed by atoms with E-state index in [4.69, 9.17) is 0 Å². The molecule has 0 aromatic carbocycles. The van der Waals surface area contributed by atoms with Gasteiger partial charge in [-0.25, -0.2) is 0 Å². The zero-order valence-corrected chi connectivity index (χ0v) is 28.8. The SMILES string of the molecule is C1C2C3CC4C5C6C7C8C9C%10C%11C%12C%13[C@@H]%14C[C@H]%15[C@H]%16C[C@H]%17C%18C%19C%20C%21C%22C%23C%24C%25C%26C1C21C34C52C%261C%251C62C72C%241C%231C82C92C%221C%211C%102C%112C%201C%191C%122C%132C%181[C@]%16%17[C@@]%14%152. The van der Waals surface area contributed by atoms with Crippen molar-refractivity contribution in [3.63, 3.8) is 0 Å². The van der Waals surface area contributed by atoms with Crippen molar-refractivity contribution in [2.45, 2.75) is 25.7 Å². The molecule has 36 fully saturated rings. The summed E-state index contributed by atoms with van der Waals surface area (Å²) in [5.74, 6) is 36.3. The highest BCUT2D eigenvalue weighted by atomic mass is 15.6. The third-order valence-corrected chi connectivity index (χ3v) is 44.1. The molecule has 0 saturated heterocycles. The molecule has 36 saturated carbocycles. The highest BCUT2D eigenvalue weighted by Gasteiger charge is 3.59. The van der Waals surface area contributed by atoms with Gasteiger partial charge in [0.2, 0.25) is 0 Å². The number of hydrogen-bond donors (Lipinski definition) is 0. The van der Waals surface area contributed by atoms with E-state index < -0.39 is 0 Å². The second kappa shape index (κ2) is 2.78. The van der Waals surface area contributed by atoms with Gasteiger partial charge in [0.1, 0.15) is 0 Å². The molecule has 42 unspecified atom stereocenters. The number of hydrogen-bond acceptors (Lipinski definition) is 0. The van der Waals surface area contributed by atoms with E-state index in [0.717, 1.165) is 119 Å². The maximum absolute atomic E-state index is 1.82. The van der Waals surface area contributed by atoms with Gasteiger partial charge in [-0.05, 0) is 299 Å². The summed E-state index contributed by atoms with van der Waals surface area (Å²) < 4.78 is 0. The van der Waals surface area contributed by atoms with E-state index in [-0.39, 0.29) is 0 Å². The standard InChI is InChI=1S/C52H34/c1-5-6-2-10-14-18-22-27-30-28-24-20-16-12-4-8-7-3-11-15-19-23-26-29-25-21-17-13-9(1)31(5)32(6,10)36(14)35(13,31)39(17)40(18,36)44(22)43(21,39)47(25)48(27,44)52(30)50(28)46(24)42(20)38(16)34(8,12)33(7,11)37(15,38)41(19,42)45(23,46)49(26,50)51(29,47)52/h5-30H,1-4H2/t5-,6+,7?,8?,9-,10-,11?,12?,13?,14?,15?,16?,17?,18?,19?,20?,21?,22?,23?,24?,25?,26?,27?,28?,29?,30?,31-,32+,33?,34?,35?,36?,37?,38?,39?,40?,41?,42?,43?,44?,45?,46?,47?,48?,49?,50?,51?,52?/m0/s1. The average molecular weight is 659 g/mol. The summed E-state index contributed by atoms with van der Waals surface area (Å²) in [6.45, 7) is 0. The van der Waals surface area contributed by atoms with Crippen LogP contribution >= 0.6 is 0 Å². The van der Waals surface area contributed by atoms with Crippen LogP contribution in [-0.2, 0) is 0 Å². The van der Waals surface area contributed by atoms with Crippen molar-refractivity contribution in [3.8, 4) is 0 Å². The first-order valence-electron chi connectivity index (χ1n) is 25.9. The predicted octanol–water partition coefficient (Wildman–Crippen LogP) is 4.76. The Morgan fingerprint density at radius 1 is 0.154 bits per heavy atom. The van der Waals surface area contributed by atoms with Crippen molar-refractivity contribution < 1.29 is 0 Å². The van der Waals surface area contributed by atoms with Crippen molar-refractivity contribution in [1.82, 2.24) is 0 Å². The van der Waals surface area contributed by atoms with Gasteiger partial charge in [0.05, 0.1) is 0 Å². The molecule has 0 aromatic heterocycles. The minimum atomic E-state index is 1.10. The summed E-state index contributed by atoms with van der Waals surface area (Å²) in [6, 6.07) is 0. The number of rotatable bonds is 0. The molecule has 0 heteroatoms. The molecule has 0 nitrogen and oxygen atoms in total. The van der Waals surface area contributed by atoms with E-state index in [1.165, 1.54) is 154 Å². The monoisotopic (exact) mass is 658 g/mol. The molecular formula is C52H34. The fourth-order valence-corrected chi connectivity index (χ4v) is 55.2. The summed E-state index contributed by atoms with van der Waals surface area (Å²) in [5.41, 5.74) is 24.6. The van der Waals surface area contributed by atoms with Gasteiger partial charge in [0.25, 0.3) is 0 Å². The van der Waals surface area contributed by atoms with Crippen molar-refractivity contribution in [2.24, 2.45) is 273 Å². The van der Waals surface area contributed by atoms with E-state index in [1.54, 1.807) is 0 Å². The third-order valence-electron chi connectivity index (χ3n) is 44.1. The minimum Gasteiger partial charge on any atom is -0.0458 e. The van der Waals surface area contributed by atoms with Gasteiger partial charge in [0.15, 0.2) is 0 Å². The Morgan fingerprint density at radius 2 is 0.308 bits per heavy atom. The zero-order chi connectivity index (χ0) is 28.8. The molecule has 0 heterocycles. The minimum absolute atomic E-state index is 1.10. The molecule has 36 rings (SSSR count). The zero-order valence-electron chi connectivity index (χ0n) is 28.8. The molecule has 0 aliphatic heterocycles. The van der Waals surface area contributed by atoms with Gasteiger partial charge in [-0.2, -0.15) is 0 Å². The van der Waals surface area contributed by atoms with Crippen LogP contribution in [0.25, 0.3) is 0 Å². The summed E-state index contributed by atoms with van der Waals surface area (Å²) in [5, 5.41) is 0. The molecule has 36 aliphatic carbocycles. The first-order chi connectivity index (χ1) is 25.9. The van der Waals surface area contributed by atoms with E-state index in [2.05, 4.69) is 0 Å². The first kappa shape index (κ1) is 17.9. The Bertz CT molecular complexity index is 2890. The largest absolute Gasteiger partial charge is 0.0458 e. The van der Waals surface area contributed by atoms with Crippen molar-refractivity contribution >= 4 is 0 Å². The molecule has 52 heavy (non-hydrogen) atoms. The highest BCUT2D eigenvalue weighted by molar-refractivity contribution is 6.04. The van der Waals surface area contributed by atoms with Crippen molar-refractivity contribution in [1.29, 1.82) is 0 Å². The van der Waals surface area contributed by atoms with E-state index in [9.17, 15) is 0 Å². The molecule has 0 aromatic rings. The molecule has 22 spiro atoms. The second-order valence-electron chi connectivity index (χ2n) is 33.3. The quantitative estimate of drug-likeness (QED) is 0.353. The predicted molar refractivity (Wildman–Crippen MR) is 163 cm³/mol. The molecular weight excluding hydrogens is 625 g/mol. The molecule has 48 atom stereocenters. The Balaban J connectivity index is 0.742. The van der Waals surface area contributed by atoms with Crippen LogP contribution in [0.3, 0.4) is 0 Å². The van der Waals surface area contributed by atoms with Crippen molar-refractivity contribution in [3.05, 3.63) is 0 Å². The maximum atomic E-state index is 1.82. The van der Waals surface area contributed by atoms with Gasteiger partial charge in [-0.1, -0.05) is 0 Å². The Kier molecular flexibility index (Phi) is 0.957. The third kappa shape index (κ3) is 0.413. The van der Waals surface area contributed by atoms with Gasteiger partial charge < -0.3 is 0 Å². The smallest absolute Gasteiger partial charge is 0.00502 e. The Hall–Kier alpha value is 0. The van der Waals surface area contributed by atoms with Crippen LogP contribution in [-0.4, -0.2) is 0 Å². The molecule has 0 bridgehead atoms. The summed E-state index contributed by atoms with van der Waals surface area (Å²) in [4.78, 5) is 0. The van der Waals surface area contributed by atoms with E-state index in [0.29, 0.717) is 0 Å². The van der Waals surface area contributed by atoms with Crippen LogP contribution < -0.4 is 0 Å². The van der Waals surface area contributed by atoms with E-state index >= 15 is 0 Å². The molecule has 242 valence electrons. The topological polar surface area (TPSA) is 0 Å². The van der Waals surface area contributed by atoms with Crippen LogP contribution in [0.15, 0.2) is 0 Å². The first-order valence-corrected chi connectivity index (χ1v) is 25.9. The van der Waals surface area contributed by atoms with Crippen LogP contribution in [0.5, 0.6) is 0 Å². The normalized spacial score (nSPS) is 137. The summed E-state index contributed by atoms with van der Waals surface area (Å²) in [6.07, 6.45) is 7.26. The molecule has 36 aliphatic rings. The van der Waals surface area contributed by atoms with Crippen molar-refractivity contribution in [2.75, 3.05) is 0 Å². The Morgan fingerprint density at radius 3 is 0.500 bits per heavy atom. The fraction of sp³-hybridized carbons (Fsp3) is 1.00. The van der Waals surface area contributed by atoms with E-state index in [1.807, 2.05) is 25.7 Å². The lowest BCUT2D eigenvalue weighted by Gasteiger charge is -3.58.